The van der Waals surface area contributed by atoms with Crippen LogP contribution in [0.2, 0.25) is 0 Å². The third-order valence-corrected chi connectivity index (χ3v) is 6.26. The maximum atomic E-state index is 13.8. The molecule has 33 heavy (non-hydrogen) atoms. The summed E-state index contributed by atoms with van der Waals surface area (Å²) in [6, 6.07) is 10.9. The van der Waals surface area contributed by atoms with Gasteiger partial charge in [0.05, 0.1) is 30.3 Å². The molecular formula is C25H23FIN5O. The number of allylic oxidation sites excluding steroid dienone is 1. The van der Waals surface area contributed by atoms with Crippen molar-refractivity contribution in [3.8, 4) is 11.1 Å². The molecule has 1 aliphatic heterocycles. The Kier molecular flexibility index (Phi) is 6.83. The summed E-state index contributed by atoms with van der Waals surface area (Å²) in [4.78, 5) is 28.1. The van der Waals surface area contributed by atoms with Crippen molar-refractivity contribution in [3.05, 3.63) is 81.2 Å². The van der Waals surface area contributed by atoms with Crippen LogP contribution in [-0.2, 0) is 4.79 Å². The van der Waals surface area contributed by atoms with Gasteiger partial charge in [0.25, 0.3) is 0 Å². The average molecular weight is 555 g/mol. The van der Waals surface area contributed by atoms with Crippen LogP contribution < -0.4 is 10.6 Å². The van der Waals surface area contributed by atoms with E-state index in [1.165, 1.54) is 12.4 Å². The van der Waals surface area contributed by atoms with E-state index in [2.05, 4.69) is 37.6 Å². The van der Waals surface area contributed by atoms with E-state index in [0.717, 1.165) is 34.4 Å². The molecule has 0 saturated carbocycles. The predicted octanol–water partition coefficient (Wildman–Crippen LogP) is 5.63. The van der Waals surface area contributed by atoms with Gasteiger partial charge in [-0.25, -0.2) is 14.4 Å². The number of hydrogen-bond donors (Lipinski definition) is 1. The van der Waals surface area contributed by atoms with E-state index in [1.807, 2.05) is 31.2 Å². The van der Waals surface area contributed by atoms with Crippen LogP contribution >= 0.6 is 22.6 Å². The van der Waals surface area contributed by atoms with Crippen molar-refractivity contribution in [2.24, 2.45) is 10.7 Å². The number of halogens is 2. The second-order valence-electron chi connectivity index (χ2n) is 7.81. The molecule has 0 aliphatic carbocycles. The molecule has 3 aromatic rings. The highest BCUT2D eigenvalue weighted by Gasteiger charge is 2.39. The van der Waals surface area contributed by atoms with Crippen LogP contribution in [0.25, 0.3) is 11.1 Å². The average Bonchev–Trinajstić information content (AvgIpc) is 3.08. The number of benzene rings is 2. The molecular weight excluding hydrogens is 532 g/mol. The number of carbonyl (C=O) groups excluding carboxylic acids is 1. The number of anilines is 2. The summed E-state index contributed by atoms with van der Waals surface area (Å²) in [5, 5.41) is 0. The van der Waals surface area contributed by atoms with Crippen molar-refractivity contribution >= 4 is 46.3 Å². The number of carbonyl (C=O) groups is 1. The molecule has 1 amide bonds. The molecule has 6 nitrogen and oxygen atoms in total. The summed E-state index contributed by atoms with van der Waals surface area (Å²) in [5.41, 5.74) is 10.5. The van der Waals surface area contributed by atoms with Gasteiger partial charge in [-0.1, -0.05) is 24.6 Å². The zero-order valence-electron chi connectivity index (χ0n) is 18.3. The summed E-state index contributed by atoms with van der Waals surface area (Å²) in [6.07, 6.45) is 7.46. The molecule has 0 fully saturated rings. The minimum absolute atomic E-state index is 0.0650. The Hall–Kier alpha value is -3.14. The molecule has 2 aromatic carbocycles. The fourth-order valence-electron chi connectivity index (χ4n) is 4.02. The standard InChI is InChI=1S/C25H23FIN5O/c1-3-16(11-30-14-28)9-20-19-10-18(17-4-6-21(26)15(2)8-17)5-7-22(19)32(25(20)33)24-13-29-12-23(27)31-24/h4-8,10-14,20H,3,9H2,1-2H3,(H2,28,30)/b16-11+. The number of aromatic nitrogens is 2. The predicted molar refractivity (Wildman–Crippen MR) is 137 cm³/mol. The van der Waals surface area contributed by atoms with Crippen LogP contribution in [0.4, 0.5) is 15.9 Å². The van der Waals surface area contributed by atoms with Gasteiger partial charge < -0.3 is 5.73 Å². The number of hydrogen-bond acceptors (Lipinski definition) is 4. The first-order valence-electron chi connectivity index (χ1n) is 10.6. The number of amides is 1. The first-order valence-corrected chi connectivity index (χ1v) is 11.6. The van der Waals surface area contributed by atoms with E-state index in [-0.39, 0.29) is 11.7 Å². The van der Waals surface area contributed by atoms with Crippen LogP contribution in [0.5, 0.6) is 0 Å². The van der Waals surface area contributed by atoms with E-state index >= 15 is 0 Å². The number of rotatable bonds is 6. The Bertz CT molecular complexity index is 1270. The molecule has 1 unspecified atom stereocenters. The fourth-order valence-corrected chi connectivity index (χ4v) is 4.43. The lowest BCUT2D eigenvalue weighted by atomic mass is 9.90. The van der Waals surface area contributed by atoms with Crippen LogP contribution in [0.1, 0.15) is 36.8 Å². The molecule has 1 atom stereocenters. The first kappa shape index (κ1) is 23.0. The maximum Gasteiger partial charge on any atom is 0.240 e. The van der Waals surface area contributed by atoms with Gasteiger partial charge in [-0.2, -0.15) is 0 Å². The minimum atomic E-state index is -0.402. The van der Waals surface area contributed by atoms with Gasteiger partial charge in [0, 0.05) is 6.20 Å². The van der Waals surface area contributed by atoms with Crippen molar-refractivity contribution in [3.63, 3.8) is 0 Å². The Balaban J connectivity index is 1.83. The lowest BCUT2D eigenvalue weighted by Crippen LogP contribution is -2.25. The third kappa shape index (κ3) is 4.66. The molecule has 0 radical (unpaired) electrons. The zero-order valence-corrected chi connectivity index (χ0v) is 20.5. The summed E-state index contributed by atoms with van der Waals surface area (Å²) in [7, 11) is 0. The molecule has 0 bridgehead atoms. The van der Waals surface area contributed by atoms with E-state index in [1.54, 1.807) is 36.5 Å². The van der Waals surface area contributed by atoms with Crippen molar-refractivity contribution in [2.75, 3.05) is 4.90 Å². The molecule has 4 rings (SSSR count). The van der Waals surface area contributed by atoms with Crippen molar-refractivity contribution in [1.82, 2.24) is 9.97 Å². The zero-order chi connectivity index (χ0) is 23.5. The number of nitrogens with two attached hydrogens (primary N) is 1. The third-order valence-electron chi connectivity index (χ3n) is 5.74. The topological polar surface area (TPSA) is 84.5 Å². The van der Waals surface area contributed by atoms with Gasteiger partial charge in [-0.05, 0) is 88.9 Å². The lowest BCUT2D eigenvalue weighted by Gasteiger charge is -2.17. The molecule has 168 valence electrons. The first-order chi connectivity index (χ1) is 15.9. The minimum Gasteiger partial charge on any atom is -0.390 e. The Morgan fingerprint density at radius 2 is 2.00 bits per heavy atom. The van der Waals surface area contributed by atoms with Crippen LogP contribution in [0.15, 0.2) is 65.6 Å². The fraction of sp³-hybridized carbons (Fsp3) is 0.200. The Morgan fingerprint density at radius 1 is 1.24 bits per heavy atom. The van der Waals surface area contributed by atoms with Gasteiger partial charge >= 0.3 is 0 Å². The van der Waals surface area contributed by atoms with E-state index in [0.29, 0.717) is 21.5 Å². The lowest BCUT2D eigenvalue weighted by molar-refractivity contribution is -0.118. The second-order valence-corrected chi connectivity index (χ2v) is 8.91. The van der Waals surface area contributed by atoms with Crippen molar-refractivity contribution < 1.29 is 9.18 Å². The largest absolute Gasteiger partial charge is 0.390 e. The van der Waals surface area contributed by atoms with E-state index in [4.69, 9.17) is 5.73 Å². The molecule has 2 heterocycles. The summed E-state index contributed by atoms with van der Waals surface area (Å²) in [5.74, 6) is -0.220. The molecule has 8 heteroatoms. The molecule has 1 aliphatic rings. The number of aliphatic imine (C=N–C) groups is 1. The summed E-state index contributed by atoms with van der Waals surface area (Å²) >= 11 is 2.08. The smallest absolute Gasteiger partial charge is 0.240 e. The number of fused-ring (bicyclic) bond motifs is 1. The van der Waals surface area contributed by atoms with Gasteiger partial charge in [-0.15, -0.1) is 0 Å². The highest BCUT2D eigenvalue weighted by molar-refractivity contribution is 14.1. The highest BCUT2D eigenvalue weighted by Crippen LogP contribution is 2.45. The van der Waals surface area contributed by atoms with Gasteiger partial charge in [0.2, 0.25) is 5.91 Å². The summed E-state index contributed by atoms with van der Waals surface area (Å²) < 4.78 is 14.5. The van der Waals surface area contributed by atoms with E-state index in [9.17, 15) is 9.18 Å². The quantitative estimate of drug-likeness (QED) is 0.243. The molecule has 1 aromatic heterocycles. The van der Waals surface area contributed by atoms with Crippen LogP contribution in [-0.4, -0.2) is 22.2 Å². The second kappa shape index (κ2) is 9.78. The van der Waals surface area contributed by atoms with E-state index < -0.39 is 5.92 Å². The summed E-state index contributed by atoms with van der Waals surface area (Å²) in [6.45, 7) is 3.77. The highest BCUT2D eigenvalue weighted by atomic mass is 127. The van der Waals surface area contributed by atoms with Crippen LogP contribution in [0, 0.1) is 16.4 Å². The monoisotopic (exact) mass is 555 g/mol. The molecule has 2 N–H and O–H groups in total. The number of aryl methyl sites for hydroxylation is 1. The van der Waals surface area contributed by atoms with Crippen molar-refractivity contribution in [2.45, 2.75) is 32.6 Å². The normalized spacial score (nSPS) is 16.0. The molecule has 0 saturated heterocycles. The van der Waals surface area contributed by atoms with Gasteiger partial charge in [-0.3, -0.25) is 14.7 Å². The maximum absolute atomic E-state index is 13.8. The Morgan fingerprint density at radius 3 is 2.70 bits per heavy atom. The Labute approximate surface area is 205 Å². The van der Waals surface area contributed by atoms with Gasteiger partial charge in [0.1, 0.15) is 9.52 Å². The van der Waals surface area contributed by atoms with Crippen LogP contribution in [0.3, 0.4) is 0 Å². The SMILES string of the molecule is CC/C(=C\N=CN)CC1C(=O)N(c2cncc(I)n2)c2ccc(-c3ccc(F)c(C)c3)cc21. The number of nitrogens with zero attached hydrogens (tertiary/aromatic N) is 4. The van der Waals surface area contributed by atoms with Crippen molar-refractivity contribution in [1.29, 1.82) is 0 Å². The molecule has 0 spiro atoms. The van der Waals surface area contributed by atoms with Gasteiger partial charge in [0.15, 0.2) is 5.82 Å².